The van der Waals surface area contributed by atoms with Crippen LogP contribution in [0.1, 0.15) is 11.7 Å². The van der Waals surface area contributed by atoms with Gasteiger partial charge in [-0.25, -0.2) is 4.40 Å². The van der Waals surface area contributed by atoms with Crippen LogP contribution in [0.3, 0.4) is 0 Å². The minimum atomic E-state index is -0.521. The van der Waals surface area contributed by atoms with Crippen molar-refractivity contribution in [3.8, 4) is 0 Å². The van der Waals surface area contributed by atoms with Gasteiger partial charge in [-0.2, -0.15) is 0 Å². The van der Waals surface area contributed by atoms with Crippen molar-refractivity contribution in [3.63, 3.8) is 0 Å². The van der Waals surface area contributed by atoms with Crippen LogP contribution in [0.25, 0.3) is 0 Å². The second kappa shape index (κ2) is 2.68. The van der Waals surface area contributed by atoms with Gasteiger partial charge in [0.2, 0.25) is 0 Å². The molecule has 11 heavy (non-hydrogen) atoms. The highest BCUT2D eigenvalue weighted by Crippen LogP contribution is 2.31. The van der Waals surface area contributed by atoms with Crippen LogP contribution < -0.4 is 0 Å². The predicted molar refractivity (Wildman–Crippen MR) is 45.8 cm³/mol. The lowest BCUT2D eigenvalue weighted by atomic mass is 10.1. The van der Waals surface area contributed by atoms with Gasteiger partial charge in [0.05, 0.1) is 0 Å². The summed E-state index contributed by atoms with van der Waals surface area (Å²) < 4.78 is 3.94. The molecule has 1 unspecified atom stereocenters. The fourth-order valence-corrected chi connectivity index (χ4v) is 1.76. The SMILES string of the molecule is OC1C=NSc2ccccc21. The van der Waals surface area contributed by atoms with Crippen molar-refractivity contribution in [2.45, 2.75) is 11.0 Å². The van der Waals surface area contributed by atoms with Gasteiger partial charge >= 0.3 is 0 Å². The Bertz CT molecular complexity index is 298. The maximum Gasteiger partial charge on any atom is 0.116 e. The Hall–Kier alpha value is -0.800. The van der Waals surface area contributed by atoms with Crippen LogP contribution in [0.15, 0.2) is 33.6 Å². The van der Waals surface area contributed by atoms with Crippen LogP contribution in [0.5, 0.6) is 0 Å². The van der Waals surface area contributed by atoms with Gasteiger partial charge in [0.1, 0.15) is 6.10 Å². The molecule has 0 aromatic heterocycles. The average molecular weight is 165 g/mol. The van der Waals surface area contributed by atoms with E-state index in [0.29, 0.717) is 0 Å². The molecule has 0 saturated carbocycles. The van der Waals surface area contributed by atoms with Crippen LogP contribution >= 0.6 is 11.9 Å². The molecule has 0 amide bonds. The standard InChI is InChI=1S/C8H7NOS/c10-7-5-9-11-8-4-2-1-3-6(7)8/h1-5,7,10H. The first kappa shape index (κ1) is 6.88. The van der Waals surface area contributed by atoms with Crippen molar-refractivity contribution >= 4 is 18.2 Å². The molecular formula is C8H7NOS. The van der Waals surface area contributed by atoms with E-state index in [0.717, 1.165) is 10.5 Å². The highest BCUT2D eigenvalue weighted by Gasteiger charge is 2.13. The second-order valence-corrected chi connectivity index (χ2v) is 3.16. The zero-order chi connectivity index (χ0) is 7.68. The van der Waals surface area contributed by atoms with Crippen LogP contribution in [0.4, 0.5) is 0 Å². The molecule has 0 spiro atoms. The maximum absolute atomic E-state index is 9.40. The Morgan fingerprint density at radius 1 is 1.36 bits per heavy atom. The van der Waals surface area contributed by atoms with Crippen molar-refractivity contribution in [1.29, 1.82) is 0 Å². The smallest absolute Gasteiger partial charge is 0.116 e. The van der Waals surface area contributed by atoms with Gasteiger partial charge in [-0.15, -0.1) is 0 Å². The monoisotopic (exact) mass is 165 g/mol. The number of aliphatic hydroxyl groups is 1. The molecule has 1 aliphatic heterocycles. The molecule has 1 aliphatic rings. The third kappa shape index (κ3) is 1.17. The lowest BCUT2D eigenvalue weighted by Gasteiger charge is -2.13. The summed E-state index contributed by atoms with van der Waals surface area (Å²) in [5.74, 6) is 0. The van der Waals surface area contributed by atoms with Gasteiger partial charge in [0.15, 0.2) is 0 Å². The maximum atomic E-state index is 9.40. The summed E-state index contributed by atoms with van der Waals surface area (Å²) in [6.07, 6.45) is 1.03. The number of hydrogen-bond donors (Lipinski definition) is 1. The van der Waals surface area contributed by atoms with Gasteiger partial charge in [0.25, 0.3) is 0 Å². The summed E-state index contributed by atoms with van der Waals surface area (Å²) in [5, 5.41) is 9.40. The summed E-state index contributed by atoms with van der Waals surface area (Å²) in [4.78, 5) is 1.04. The molecule has 56 valence electrons. The number of rotatable bonds is 0. The van der Waals surface area contributed by atoms with Gasteiger partial charge in [0, 0.05) is 28.6 Å². The summed E-state index contributed by atoms with van der Waals surface area (Å²) in [7, 11) is 0. The molecule has 0 radical (unpaired) electrons. The number of aliphatic hydroxyl groups excluding tert-OH is 1. The van der Waals surface area contributed by atoms with Crippen LogP contribution in [-0.4, -0.2) is 11.3 Å². The van der Waals surface area contributed by atoms with E-state index in [9.17, 15) is 5.11 Å². The van der Waals surface area contributed by atoms with Crippen molar-refractivity contribution < 1.29 is 5.11 Å². The molecule has 1 heterocycles. The average Bonchev–Trinajstić information content (AvgIpc) is 2.06. The van der Waals surface area contributed by atoms with E-state index in [4.69, 9.17) is 0 Å². The third-order valence-electron chi connectivity index (χ3n) is 1.59. The van der Waals surface area contributed by atoms with E-state index in [-0.39, 0.29) is 0 Å². The molecule has 2 nitrogen and oxygen atoms in total. The van der Waals surface area contributed by atoms with E-state index in [1.54, 1.807) is 6.21 Å². The van der Waals surface area contributed by atoms with Crippen LogP contribution in [0.2, 0.25) is 0 Å². The molecule has 0 saturated heterocycles. The Morgan fingerprint density at radius 3 is 3.00 bits per heavy atom. The normalized spacial score (nSPS) is 21.4. The number of hydrogen-bond acceptors (Lipinski definition) is 3. The van der Waals surface area contributed by atoms with E-state index in [1.165, 1.54) is 11.9 Å². The molecule has 1 aromatic carbocycles. The minimum Gasteiger partial charge on any atom is -0.383 e. The number of nitrogens with zero attached hydrogens (tertiary/aromatic N) is 1. The first-order valence-electron chi connectivity index (χ1n) is 3.35. The molecule has 2 rings (SSSR count). The molecule has 1 atom stereocenters. The zero-order valence-corrected chi connectivity index (χ0v) is 6.58. The fraction of sp³-hybridized carbons (Fsp3) is 0.125. The van der Waals surface area contributed by atoms with E-state index >= 15 is 0 Å². The van der Waals surface area contributed by atoms with E-state index in [2.05, 4.69) is 4.40 Å². The lowest BCUT2D eigenvalue weighted by Crippen LogP contribution is -2.02. The number of fused-ring (bicyclic) bond motifs is 1. The first-order valence-corrected chi connectivity index (χ1v) is 4.13. The quantitative estimate of drug-likeness (QED) is 0.595. The van der Waals surface area contributed by atoms with E-state index in [1.807, 2.05) is 24.3 Å². The Labute approximate surface area is 69.1 Å². The van der Waals surface area contributed by atoms with Gasteiger partial charge < -0.3 is 5.11 Å². The highest BCUT2D eigenvalue weighted by molar-refractivity contribution is 7.98. The lowest BCUT2D eigenvalue weighted by molar-refractivity contribution is 0.249. The Morgan fingerprint density at radius 2 is 2.18 bits per heavy atom. The van der Waals surface area contributed by atoms with Gasteiger partial charge in [-0.3, -0.25) is 0 Å². The Kier molecular flexibility index (Phi) is 1.68. The van der Waals surface area contributed by atoms with Crippen LogP contribution in [-0.2, 0) is 0 Å². The van der Waals surface area contributed by atoms with Gasteiger partial charge in [-0.05, 0) is 6.07 Å². The summed E-state index contributed by atoms with van der Waals surface area (Å²) >= 11 is 1.40. The molecule has 3 heteroatoms. The molecule has 1 N–H and O–H groups in total. The topological polar surface area (TPSA) is 32.6 Å². The third-order valence-corrected chi connectivity index (χ3v) is 2.39. The molecule has 0 aliphatic carbocycles. The zero-order valence-electron chi connectivity index (χ0n) is 5.77. The van der Waals surface area contributed by atoms with Crippen molar-refractivity contribution in [3.05, 3.63) is 29.8 Å². The fourth-order valence-electron chi connectivity index (χ4n) is 1.03. The van der Waals surface area contributed by atoms with Gasteiger partial charge in [-0.1, -0.05) is 18.2 Å². The second-order valence-electron chi connectivity index (χ2n) is 2.33. The molecule has 0 bridgehead atoms. The van der Waals surface area contributed by atoms with Crippen molar-refractivity contribution in [2.24, 2.45) is 4.40 Å². The van der Waals surface area contributed by atoms with E-state index < -0.39 is 6.10 Å². The molecule has 0 fully saturated rings. The first-order chi connectivity index (χ1) is 5.38. The molecular weight excluding hydrogens is 158 g/mol. The summed E-state index contributed by atoms with van der Waals surface area (Å²) in [5.41, 5.74) is 0.951. The summed E-state index contributed by atoms with van der Waals surface area (Å²) in [6, 6.07) is 7.74. The molecule has 1 aromatic rings. The minimum absolute atomic E-state index is 0.521. The Balaban J connectivity index is 2.50. The largest absolute Gasteiger partial charge is 0.383 e. The summed E-state index contributed by atoms with van der Waals surface area (Å²) in [6.45, 7) is 0. The highest BCUT2D eigenvalue weighted by atomic mass is 32.2. The number of benzene rings is 1. The van der Waals surface area contributed by atoms with Crippen LogP contribution in [0, 0.1) is 0 Å². The predicted octanol–water partition coefficient (Wildman–Crippen LogP) is 1.81. The van der Waals surface area contributed by atoms with Crippen molar-refractivity contribution in [2.75, 3.05) is 0 Å². The van der Waals surface area contributed by atoms with Crippen molar-refractivity contribution in [1.82, 2.24) is 0 Å².